The summed E-state index contributed by atoms with van der Waals surface area (Å²) in [6.07, 6.45) is 0.863. The van der Waals surface area contributed by atoms with Crippen LogP contribution in [0.25, 0.3) is 11.3 Å². The van der Waals surface area contributed by atoms with Gasteiger partial charge in [0.15, 0.2) is 25.4 Å². The van der Waals surface area contributed by atoms with Crippen molar-refractivity contribution in [3.8, 4) is 11.3 Å². The van der Waals surface area contributed by atoms with Crippen molar-refractivity contribution in [1.82, 2.24) is 14.7 Å². The van der Waals surface area contributed by atoms with E-state index < -0.39 is 19.7 Å². The summed E-state index contributed by atoms with van der Waals surface area (Å²) in [7, 11) is -4.66. The highest BCUT2D eigenvalue weighted by molar-refractivity contribution is 7.91. The van der Waals surface area contributed by atoms with E-state index in [1.54, 1.807) is 17.8 Å². The first-order chi connectivity index (χ1) is 14.5. The summed E-state index contributed by atoms with van der Waals surface area (Å²) in [4.78, 5) is 14.6. The number of amides is 1. The van der Waals surface area contributed by atoms with Crippen molar-refractivity contribution in [2.45, 2.75) is 38.8 Å². The lowest BCUT2D eigenvalue weighted by molar-refractivity contribution is 0.0740. The maximum absolute atomic E-state index is 13.1. The van der Waals surface area contributed by atoms with Crippen LogP contribution in [0, 0.1) is 13.8 Å². The molecular formula is C21H27N3O5S2. The van der Waals surface area contributed by atoms with Crippen LogP contribution >= 0.6 is 0 Å². The number of aromatic nitrogens is 2. The van der Waals surface area contributed by atoms with E-state index in [1.165, 1.54) is 4.90 Å². The fourth-order valence-electron chi connectivity index (χ4n) is 4.29. The smallest absolute Gasteiger partial charge is 0.274 e. The minimum absolute atomic E-state index is 0.00311. The van der Waals surface area contributed by atoms with Gasteiger partial charge in [-0.2, -0.15) is 5.10 Å². The van der Waals surface area contributed by atoms with Crippen molar-refractivity contribution in [3.63, 3.8) is 0 Å². The molecule has 0 radical (unpaired) electrons. The van der Waals surface area contributed by atoms with Crippen LogP contribution in [-0.4, -0.2) is 73.5 Å². The largest absolute Gasteiger partial charge is 0.336 e. The molecule has 0 saturated carbocycles. The van der Waals surface area contributed by atoms with E-state index in [0.29, 0.717) is 18.5 Å². The van der Waals surface area contributed by atoms with Gasteiger partial charge in [0.25, 0.3) is 5.91 Å². The van der Waals surface area contributed by atoms with Gasteiger partial charge in [-0.15, -0.1) is 0 Å². The lowest BCUT2D eigenvalue weighted by atomic mass is 10.0. The number of benzene rings is 1. The standard InChI is InChI=1S/C21H27N3O5S2/c1-14-4-5-16(10-15(14)2)20-11-19(22-24(20)18-7-9-31(28,29)13-18)21(25)23(3)17-6-8-30(26,27)12-17/h4-5,10-11,17-18H,6-9,12-13H2,1-3H3/t17-,18-/m1/s1. The molecule has 8 nitrogen and oxygen atoms in total. The second-order valence-electron chi connectivity index (χ2n) is 8.69. The number of carbonyl (C=O) groups is 1. The molecule has 0 aliphatic carbocycles. The minimum Gasteiger partial charge on any atom is -0.336 e. The SMILES string of the molecule is Cc1ccc(-c2cc(C(=O)N(C)[C@@H]3CCS(=O)(=O)C3)nn2[C@@H]2CCS(=O)(=O)C2)cc1C. The maximum atomic E-state index is 13.1. The Labute approximate surface area is 183 Å². The second-order valence-corrected chi connectivity index (χ2v) is 13.1. The zero-order valence-corrected chi connectivity index (χ0v) is 19.5. The Morgan fingerprint density at radius 1 is 1.00 bits per heavy atom. The average Bonchev–Trinajstić information content (AvgIpc) is 3.39. The van der Waals surface area contributed by atoms with Crippen LogP contribution in [0.2, 0.25) is 0 Å². The van der Waals surface area contributed by atoms with Crippen LogP contribution in [0.1, 0.15) is 40.5 Å². The molecule has 1 amide bonds. The zero-order valence-electron chi connectivity index (χ0n) is 17.9. The Morgan fingerprint density at radius 2 is 1.68 bits per heavy atom. The Bertz CT molecular complexity index is 1250. The van der Waals surface area contributed by atoms with Gasteiger partial charge in [0.2, 0.25) is 0 Å². The van der Waals surface area contributed by atoms with Crippen LogP contribution in [0.5, 0.6) is 0 Å². The molecule has 2 aliphatic rings. The van der Waals surface area contributed by atoms with Gasteiger partial charge < -0.3 is 4.90 Å². The number of nitrogens with zero attached hydrogens (tertiary/aromatic N) is 3. The molecule has 0 bridgehead atoms. The third kappa shape index (κ3) is 4.41. The van der Waals surface area contributed by atoms with Gasteiger partial charge in [-0.3, -0.25) is 9.48 Å². The number of aryl methyl sites for hydroxylation is 2. The number of hydrogen-bond acceptors (Lipinski definition) is 6. The fraction of sp³-hybridized carbons (Fsp3) is 0.524. The van der Waals surface area contributed by atoms with E-state index >= 15 is 0 Å². The highest BCUT2D eigenvalue weighted by atomic mass is 32.2. The van der Waals surface area contributed by atoms with Crippen LogP contribution in [0.15, 0.2) is 24.3 Å². The molecule has 31 heavy (non-hydrogen) atoms. The van der Waals surface area contributed by atoms with Gasteiger partial charge in [-0.1, -0.05) is 12.1 Å². The van der Waals surface area contributed by atoms with Crippen LogP contribution in [0.3, 0.4) is 0 Å². The van der Waals surface area contributed by atoms with Crippen molar-refractivity contribution in [2.24, 2.45) is 0 Å². The molecule has 0 spiro atoms. The minimum atomic E-state index is -3.13. The van der Waals surface area contributed by atoms with Gasteiger partial charge in [0.05, 0.1) is 34.7 Å². The van der Waals surface area contributed by atoms with Gasteiger partial charge in [0.1, 0.15) is 0 Å². The molecule has 2 aromatic rings. The predicted molar refractivity (Wildman–Crippen MR) is 119 cm³/mol. The Hall–Kier alpha value is -2.20. The van der Waals surface area contributed by atoms with Crippen molar-refractivity contribution < 1.29 is 21.6 Å². The Morgan fingerprint density at radius 3 is 2.26 bits per heavy atom. The second kappa shape index (κ2) is 7.74. The lowest BCUT2D eigenvalue weighted by Gasteiger charge is -2.22. The highest BCUT2D eigenvalue weighted by Crippen LogP contribution is 2.31. The molecule has 168 valence electrons. The average molecular weight is 466 g/mol. The summed E-state index contributed by atoms with van der Waals surface area (Å²) >= 11 is 0. The van der Waals surface area contributed by atoms with E-state index in [2.05, 4.69) is 5.10 Å². The summed E-state index contributed by atoms with van der Waals surface area (Å²) in [5, 5.41) is 4.53. The van der Waals surface area contributed by atoms with Gasteiger partial charge in [0, 0.05) is 18.7 Å². The monoisotopic (exact) mass is 465 g/mol. The quantitative estimate of drug-likeness (QED) is 0.681. The lowest BCUT2D eigenvalue weighted by Crippen LogP contribution is -2.38. The molecule has 4 rings (SSSR count). The molecule has 0 unspecified atom stereocenters. The van der Waals surface area contributed by atoms with E-state index in [1.807, 2.05) is 32.0 Å². The van der Waals surface area contributed by atoms with Crippen LogP contribution in [-0.2, 0) is 19.7 Å². The van der Waals surface area contributed by atoms with Crippen molar-refractivity contribution in [1.29, 1.82) is 0 Å². The molecule has 1 aromatic heterocycles. The first-order valence-electron chi connectivity index (χ1n) is 10.3. The summed E-state index contributed by atoms with van der Waals surface area (Å²) in [6.45, 7) is 4.01. The molecular weight excluding hydrogens is 438 g/mol. The van der Waals surface area contributed by atoms with Crippen LogP contribution < -0.4 is 0 Å². The number of carbonyl (C=O) groups excluding carboxylic acids is 1. The van der Waals surface area contributed by atoms with Gasteiger partial charge in [-0.25, -0.2) is 16.8 Å². The molecule has 2 atom stereocenters. The van der Waals surface area contributed by atoms with E-state index in [4.69, 9.17) is 0 Å². The summed E-state index contributed by atoms with van der Waals surface area (Å²) in [5.74, 6) is -0.214. The van der Waals surface area contributed by atoms with Gasteiger partial charge in [-0.05, 0) is 49.9 Å². The molecule has 10 heteroatoms. The van der Waals surface area contributed by atoms with Crippen molar-refractivity contribution >= 4 is 25.6 Å². The Balaban J connectivity index is 1.72. The number of rotatable bonds is 4. The summed E-state index contributed by atoms with van der Waals surface area (Å²) in [6, 6.07) is 6.93. The molecule has 2 fully saturated rings. The third-order valence-corrected chi connectivity index (χ3v) is 9.89. The van der Waals surface area contributed by atoms with Crippen LogP contribution in [0.4, 0.5) is 0 Å². The maximum Gasteiger partial charge on any atom is 0.274 e. The Kier molecular flexibility index (Phi) is 5.49. The topological polar surface area (TPSA) is 106 Å². The summed E-state index contributed by atoms with van der Waals surface area (Å²) < 4.78 is 49.5. The molecule has 3 heterocycles. The first kappa shape index (κ1) is 22.0. The fourth-order valence-corrected chi connectivity index (χ4v) is 7.76. The molecule has 0 N–H and O–H groups in total. The highest BCUT2D eigenvalue weighted by Gasteiger charge is 2.36. The number of hydrogen-bond donors (Lipinski definition) is 0. The molecule has 1 aromatic carbocycles. The third-order valence-electron chi connectivity index (χ3n) is 6.39. The zero-order chi connectivity index (χ0) is 22.6. The summed E-state index contributed by atoms with van der Waals surface area (Å²) in [5.41, 5.74) is 3.98. The molecule has 2 saturated heterocycles. The first-order valence-corrected chi connectivity index (χ1v) is 14.0. The molecule has 2 aliphatic heterocycles. The van der Waals surface area contributed by atoms with E-state index in [-0.39, 0.29) is 46.7 Å². The van der Waals surface area contributed by atoms with Crippen molar-refractivity contribution in [2.75, 3.05) is 30.1 Å². The normalized spacial score (nSPS) is 24.4. The predicted octanol–water partition coefficient (Wildman–Crippen LogP) is 1.79. The van der Waals surface area contributed by atoms with Gasteiger partial charge >= 0.3 is 0 Å². The van der Waals surface area contributed by atoms with E-state index in [0.717, 1.165) is 16.7 Å². The van der Waals surface area contributed by atoms with Crippen molar-refractivity contribution in [3.05, 3.63) is 41.1 Å². The number of sulfone groups is 2. The van der Waals surface area contributed by atoms with E-state index in [9.17, 15) is 21.6 Å².